The van der Waals surface area contributed by atoms with Gasteiger partial charge in [0.05, 0.1) is 15.5 Å². The van der Waals surface area contributed by atoms with Crippen LogP contribution in [-0.2, 0) is 10.0 Å². The Morgan fingerprint density at radius 1 is 1.04 bits per heavy atom. The Bertz CT molecular complexity index is 899. The van der Waals surface area contributed by atoms with Crippen molar-refractivity contribution in [3.63, 3.8) is 0 Å². The number of halogens is 2. The molecule has 0 atom stereocenters. The summed E-state index contributed by atoms with van der Waals surface area (Å²) >= 11 is 11.8. The van der Waals surface area contributed by atoms with Gasteiger partial charge in [-0.2, -0.15) is 0 Å². The Balaban J connectivity index is 1.95. The minimum absolute atomic E-state index is 0.0552. The maximum absolute atomic E-state index is 12.4. The van der Waals surface area contributed by atoms with Crippen LogP contribution in [0.1, 0.15) is 21.5 Å². The Hall–Kier alpha value is -1.60. The molecule has 0 saturated heterocycles. The number of hydrogen-bond donors (Lipinski definition) is 2. The van der Waals surface area contributed by atoms with Gasteiger partial charge in [0.15, 0.2) is 0 Å². The third-order valence-electron chi connectivity index (χ3n) is 3.51. The second-order valence-electron chi connectivity index (χ2n) is 5.55. The van der Waals surface area contributed by atoms with Crippen LogP contribution < -0.4 is 10.0 Å². The van der Waals surface area contributed by atoms with E-state index >= 15 is 0 Å². The van der Waals surface area contributed by atoms with E-state index in [2.05, 4.69) is 10.0 Å². The summed E-state index contributed by atoms with van der Waals surface area (Å²) in [6, 6.07) is 9.79. The number of carbonyl (C=O) groups excluding carboxylic acids is 1. The topological polar surface area (TPSA) is 75.3 Å². The van der Waals surface area contributed by atoms with Crippen molar-refractivity contribution in [1.82, 2.24) is 10.0 Å². The van der Waals surface area contributed by atoms with Crippen LogP contribution >= 0.6 is 23.2 Å². The fraction of sp³-hybridized carbons (Fsp3) is 0.235. The average molecular weight is 401 g/mol. The van der Waals surface area contributed by atoms with E-state index in [4.69, 9.17) is 23.2 Å². The van der Waals surface area contributed by atoms with Crippen molar-refractivity contribution < 1.29 is 13.2 Å². The molecule has 2 aromatic rings. The van der Waals surface area contributed by atoms with E-state index in [1.54, 1.807) is 25.1 Å². The molecule has 0 radical (unpaired) electrons. The van der Waals surface area contributed by atoms with Crippen LogP contribution in [0.4, 0.5) is 0 Å². The van der Waals surface area contributed by atoms with Crippen molar-refractivity contribution in [2.45, 2.75) is 18.7 Å². The molecule has 8 heteroatoms. The molecule has 0 aliphatic rings. The Labute approximate surface area is 157 Å². The van der Waals surface area contributed by atoms with Gasteiger partial charge in [-0.3, -0.25) is 4.79 Å². The minimum Gasteiger partial charge on any atom is -0.351 e. The van der Waals surface area contributed by atoms with Gasteiger partial charge in [-0.1, -0.05) is 35.3 Å². The summed E-state index contributed by atoms with van der Waals surface area (Å²) in [5, 5.41) is 3.28. The largest absolute Gasteiger partial charge is 0.351 e. The normalized spacial score (nSPS) is 11.4. The number of sulfonamides is 1. The predicted octanol–water partition coefficient (Wildman–Crippen LogP) is 3.32. The minimum atomic E-state index is -3.64. The van der Waals surface area contributed by atoms with E-state index in [9.17, 15) is 13.2 Å². The second kappa shape index (κ2) is 8.19. The number of carbonyl (C=O) groups is 1. The molecule has 2 rings (SSSR count). The lowest BCUT2D eigenvalue weighted by Crippen LogP contribution is -2.35. The van der Waals surface area contributed by atoms with Crippen LogP contribution in [0, 0.1) is 13.8 Å². The van der Waals surface area contributed by atoms with Crippen LogP contribution in [-0.4, -0.2) is 27.4 Å². The zero-order chi connectivity index (χ0) is 18.6. The summed E-state index contributed by atoms with van der Waals surface area (Å²) in [6.07, 6.45) is 0. The number of amides is 1. The molecule has 0 fully saturated rings. The molecule has 134 valence electrons. The molecule has 1 amide bonds. The van der Waals surface area contributed by atoms with Gasteiger partial charge in [-0.05, 0) is 49.2 Å². The maximum Gasteiger partial charge on any atom is 0.252 e. The van der Waals surface area contributed by atoms with Gasteiger partial charge in [0.1, 0.15) is 0 Å². The SMILES string of the molecule is Cc1ccc(C)c(S(=O)(=O)NCCNC(=O)c2cc(Cl)ccc2Cl)c1. The van der Waals surface area contributed by atoms with Crippen molar-refractivity contribution in [2.24, 2.45) is 0 Å². The van der Waals surface area contributed by atoms with E-state index in [1.807, 2.05) is 13.0 Å². The van der Waals surface area contributed by atoms with Gasteiger partial charge in [0.2, 0.25) is 10.0 Å². The van der Waals surface area contributed by atoms with E-state index in [0.29, 0.717) is 10.6 Å². The Kier molecular flexibility index (Phi) is 6.46. The van der Waals surface area contributed by atoms with Crippen molar-refractivity contribution in [1.29, 1.82) is 0 Å². The third-order valence-corrected chi connectivity index (χ3v) is 5.68. The lowest BCUT2D eigenvalue weighted by molar-refractivity contribution is 0.0954. The number of aryl methyl sites for hydroxylation is 2. The molecule has 0 bridgehead atoms. The van der Waals surface area contributed by atoms with Gasteiger partial charge < -0.3 is 5.32 Å². The highest BCUT2D eigenvalue weighted by Crippen LogP contribution is 2.20. The van der Waals surface area contributed by atoms with Crippen LogP contribution in [0.2, 0.25) is 10.0 Å². The molecule has 0 unspecified atom stereocenters. The molecule has 0 saturated carbocycles. The third kappa shape index (κ3) is 5.19. The highest BCUT2D eigenvalue weighted by Gasteiger charge is 2.17. The molecule has 0 aromatic heterocycles. The van der Waals surface area contributed by atoms with Crippen molar-refractivity contribution in [3.8, 4) is 0 Å². The first-order valence-corrected chi connectivity index (χ1v) is 9.75. The smallest absolute Gasteiger partial charge is 0.252 e. The second-order valence-corrected chi connectivity index (χ2v) is 8.13. The van der Waals surface area contributed by atoms with E-state index in [1.165, 1.54) is 12.1 Å². The summed E-state index contributed by atoms with van der Waals surface area (Å²) in [5.74, 6) is -0.418. The van der Waals surface area contributed by atoms with Crippen LogP contribution in [0.15, 0.2) is 41.3 Å². The first kappa shape index (κ1) is 19.7. The van der Waals surface area contributed by atoms with Crippen molar-refractivity contribution >= 4 is 39.1 Å². The highest BCUT2D eigenvalue weighted by molar-refractivity contribution is 7.89. The predicted molar refractivity (Wildman–Crippen MR) is 99.9 cm³/mol. The molecule has 0 spiro atoms. The highest BCUT2D eigenvalue weighted by atomic mass is 35.5. The Morgan fingerprint density at radius 3 is 2.48 bits per heavy atom. The van der Waals surface area contributed by atoms with Crippen LogP contribution in [0.3, 0.4) is 0 Å². The van der Waals surface area contributed by atoms with Crippen LogP contribution in [0.5, 0.6) is 0 Å². The molecular weight excluding hydrogens is 383 g/mol. The van der Waals surface area contributed by atoms with Crippen molar-refractivity contribution in [3.05, 3.63) is 63.1 Å². The molecule has 0 aliphatic carbocycles. The summed E-state index contributed by atoms with van der Waals surface area (Å²) in [6.45, 7) is 3.73. The molecule has 0 aliphatic heterocycles. The monoisotopic (exact) mass is 400 g/mol. The number of benzene rings is 2. The summed E-state index contributed by atoms with van der Waals surface area (Å²) in [5.41, 5.74) is 1.76. The molecule has 25 heavy (non-hydrogen) atoms. The zero-order valence-corrected chi connectivity index (χ0v) is 16.1. The lowest BCUT2D eigenvalue weighted by Gasteiger charge is -2.11. The summed E-state index contributed by atoms with van der Waals surface area (Å²) in [7, 11) is -3.64. The summed E-state index contributed by atoms with van der Waals surface area (Å²) < 4.78 is 27.2. The fourth-order valence-electron chi connectivity index (χ4n) is 2.20. The molecule has 2 aromatic carbocycles. The molecule has 2 N–H and O–H groups in total. The lowest BCUT2D eigenvalue weighted by atomic mass is 10.2. The molecule has 0 heterocycles. The van der Waals surface area contributed by atoms with Gasteiger partial charge in [0, 0.05) is 18.1 Å². The fourth-order valence-corrected chi connectivity index (χ4v) is 3.94. The van der Waals surface area contributed by atoms with E-state index in [-0.39, 0.29) is 28.6 Å². The maximum atomic E-state index is 12.4. The van der Waals surface area contributed by atoms with Crippen LogP contribution in [0.25, 0.3) is 0 Å². The van der Waals surface area contributed by atoms with Gasteiger partial charge in [0.25, 0.3) is 5.91 Å². The standard InChI is InChI=1S/C17H18Cl2N2O3S/c1-11-3-4-12(2)16(9-11)25(23,24)21-8-7-20-17(22)14-10-13(18)5-6-15(14)19/h3-6,9-10,21H,7-8H2,1-2H3,(H,20,22). The quantitative estimate of drug-likeness (QED) is 0.730. The van der Waals surface area contributed by atoms with Gasteiger partial charge >= 0.3 is 0 Å². The first-order valence-electron chi connectivity index (χ1n) is 7.51. The Morgan fingerprint density at radius 2 is 1.76 bits per heavy atom. The van der Waals surface area contributed by atoms with Crippen molar-refractivity contribution in [2.75, 3.05) is 13.1 Å². The number of hydrogen-bond acceptors (Lipinski definition) is 3. The van der Waals surface area contributed by atoms with Gasteiger partial charge in [-0.15, -0.1) is 0 Å². The number of nitrogens with one attached hydrogen (secondary N) is 2. The number of rotatable bonds is 6. The van der Waals surface area contributed by atoms with E-state index < -0.39 is 15.9 Å². The molecular formula is C17H18Cl2N2O3S. The molecule has 5 nitrogen and oxygen atoms in total. The van der Waals surface area contributed by atoms with Gasteiger partial charge in [-0.25, -0.2) is 13.1 Å². The summed E-state index contributed by atoms with van der Waals surface area (Å²) in [4.78, 5) is 12.3. The first-order chi connectivity index (χ1) is 11.7. The van der Waals surface area contributed by atoms with E-state index in [0.717, 1.165) is 5.56 Å². The zero-order valence-electron chi connectivity index (χ0n) is 13.8. The average Bonchev–Trinajstić information content (AvgIpc) is 2.55.